The molecule has 1 saturated carbocycles. The second-order valence-corrected chi connectivity index (χ2v) is 5.09. The summed E-state index contributed by atoms with van der Waals surface area (Å²) in [5.41, 5.74) is -0.394. The lowest BCUT2D eigenvalue weighted by atomic mass is 10.1. The van der Waals surface area contributed by atoms with Crippen LogP contribution in [0.3, 0.4) is 0 Å². The maximum absolute atomic E-state index is 11.6. The second-order valence-electron chi connectivity index (χ2n) is 5.09. The molecule has 0 radical (unpaired) electrons. The first-order valence-electron chi connectivity index (χ1n) is 5.26. The summed E-state index contributed by atoms with van der Waals surface area (Å²) in [6.45, 7) is 5.83. The number of hydrogen-bond acceptors (Lipinski definition) is 3. The molecule has 0 heterocycles. The van der Waals surface area contributed by atoms with Crippen LogP contribution >= 0.6 is 0 Å². The van der Waals surface area contributed by atoms with Crippen LogP contribution in [0.1, 0.15) is 40.0 Å². The zero-order valence-electron chi connectivity index (χ0n) is 9.25. The van der Waals surface area contributed by atoms with Gasteiger partial charge in [-0.2, -0.15) is 0 Å². The van der Waals surface area contributed by atoms with Gasteiger partial charge in [0.1, 0.15) is 5.60 Å². The van der Waals surface area contributed by atoms with Gasteiger partial charge in [0.05, 0.1) is 5.92 Å². The topological polar surface area (TPSA) is 46.5 Å². The Morgan fingerprint density at radius 2 is 2.07 bits per heavy atom. The number of rotatable bonds is 2. The lowest BCUT2D eigenvalue weighted by Gasteiger charge is -2.22. The van der Waals surface area contributed by atoms with Crippen LogP contribution in [-0.2, 0) is 9.53 Å². The molecule has 14 heavy (non-hydrogen) atoms. The first-order valence-corrected chi connectivity index (χ1v) is 5.26. The van der Waals surface area contributed by atoms with Crippen LogP contribution in [0.25, 0.3) is 0 Å². The largest absolute Gasteiger partial charge is 0.460 e. The highest BCUT2D eigenvalue weighted by Crippen LogP contribution is 2.32. The number of ether oxygens (including phenoxy) is 1. The van der Waals surface area contributed by atoms with E-state index in [-0.39, 0.29) is 18.5 Å². The Morgan fingerprint density at radius 1 is 1.43 bits per heavy atom. The molecule has 2 atom stereocenters. The molecule has 0 aromatic rings. The molecule has 0 saturated heterocycles. The van der Waals surface area contributed by atoms with Crippen LogP contribution in [0, 0.1) is 11.8 Å². The van der Waals surface area contributed by atoms with E-state index in [9.17, 15) is 4.79 Å². The van der Waals surface area contributed by atoms with E-state index in [0.717, 1.165) is 19.3 Å². The van der Waals surface area contributed by atoms with Crippen LogP contribution in [0.2, 0.25) is 0 Å². The van der Waals surface area contributed by atoms with Crippen molar-refractivity contribution in [1.82, 2.24) is 0 Å². The van der Waals surface area contributed by atoms with Gasteiger partial charge in [0.25, 0.3) is 0 Å². The van der Waals surface area contributed by atoms with Gasteiger partial charge in [0.15, 0.2) is 0 Å². The first kappa shape index (κ1) is 11.5. The zero-order chi connectivity index (χ0) is 10.8. The summed E-state index contributed by atoms with van der Waals surface area (Å²) >= 11 is 0. The van der Waals surface area contributed by atoms with Gasteiger partial charge in [-0.1, -0.05) is 0 Å². The average molecular weight is 200 g/mol. The highest BCUT2D eigenvalue weighted by atomic mass is 16.6. The van der Waals surface area contributed by atoms with E-state index in [1.54, 1.807) is 0 Å². The standard InChI is InChI=1S/C11H20O3/c1-11(2,3)14-10(13)9-5-4-8(6-9)7-12/h8-9,12H,4-7H2,1-3H3/t8-,9+/m1/s1. The molecule has 1 N–H and O–H groups in total. The van der Waals surface area contributed by atoms with Crippen molar-refractivity contribution in [2.24, 2.45) is 11.8 Å². The summed E-state index contributed by atoms with van der Waals surface area (Å²) in [5.74, 6) is 0.201. The molecule has 1 fully saturated rings. The normalized spacial score (nSPS) is 27.7. The highest BCUT2D eigenvalue weighted by molar-refractivity contribution is 5.73. The fraction of sp³-hybridized carbons (Fsp3) is 0.909. The molecule has 1 rings (SSSR count). The molecule has 0 spiro atoms. The third-order valence-corrected chi connectivity index (χ3v) is 2.54. The molecule has 1 aliphatic rings. The summed E-state index contributed by atoms with van der Waals surface area (Å²) in [4.78, 5) is 11.6. The zero-order valence-corrected chi connectivity index (χ0v) is 9.25. The highest BCUT2D eigenvalue weighted by Gasteiger charge is 2.32. The van der Waals surface area contributed by atoms with Gasteiger partial charge >= 0.3 is 5.97 Å². The van der Waals surface area contributed by atoms with Crippen molar-refractivity contribution in [2.45, 2.75) is 45.6 Å². The molecule has 3 nitrogen and oxygen atoms in total. The van der Waals surface area contributed by atoms with Gasteiger partial charge < -0.3 is 9.84 Å². The predicted molar refractivity (Wildman–Crippen MR) is 53.8 cm³/mol. The molecule has 0 aliphatic heterocycles. The van der Waals surface area contributed by atoms with Gasteiger partial charge in [-0.15, -0.1) is 0 Å². The Bertz CT molecular complexity index is 205. The van der Waals surface area contributed by atoms with E-state index >= 15 is 0 Å². The van der Waals surface area contributed by atoms with Crippen molar-refractivity contribution in [3.8, 4) is 0 Å². The SMILES string of the molecule is CC(C)(C)OC(=O)[C@H]1CC[C@@H](CO)C1. The summed E-state index contributed by atoms with van der Waals surface area (Å²) < 4.78 is 5.29. The molecule has 0 unspecified atom stereocenters. The summed E-state index contributed by atoms with van der Waals surface area (Å²) in [5, 5.41) is 8.95. The number of carbonyl (C=O) groups is 1. The third-order valence-electron chi connectivity index (χ3n) is 2.54. The Labute approximate surface area is 85.5 Å². The Morgan fingerprint density at radius 3 is 2.50 bits per heavy atom. The van der Waals surface area contributed by atoms with E-state index in [2.05, 4.69) is 0 Å². The third kappa shape index (κ3) is 3.29. The van der Waals surface area contributed by atoms with Crippen molar-refractivity contribution in [3.05, 3.63) is 0 Å². The molecule has 1 aliphatic carbocycles. The van der Waals surface area contributed by atoms with Crippen molar-refractivity contribution < 1.29 is 14.6 Å². The fourth-order valence-electron chi connectivity index (χ4n) is 1.84. The molecule has 3 heteroatoms. The Balaban J connectivity index is 2.40. The maximum atomic E-state index is 11.6. The molecule has 0 amide bonds. The van der Waals surface area contributed by atoms with E-state index < -0.39 is 5.60 Å². The average Bonchev–Trinajstić information content (AvgIpc) is 2.48. The Kier molecular flexibility index (Phi) is 3.53. The Hall–Kier alpha value is -0.570. The number of aliphatic hydroxyl groups is 1. The van der Waals surface area contributed by atoms with Crippen LogP contribution < -0.4 is 0 Å². The van der Waals surface area contributed by atoms with Crippen LogP contribution in [-0.4, -0.2) is 23.3 Å². The smallest absolute Gasteiger partial charge is 0.309 e. The molecule has 0 bridgehead atoms. The minimum Gasteiger partial charge on any atom is -0.460 e. The summed E-state index contributed by atoms with van der Waals surface area (Å²) in [6.07, 6.45) is 2.59. The van der Waals surface area contributed by atoms with E-state index in [1.807, 2.05) is 20.8 Å². The number of hydrogen-bond donors (Lipinski definition) is 1. The number of carbonyl (C=O) groups excluding carboxylic acids is 1. The number of esters is 1. The van der Waals surface area contributed by atoms with Gasteiger partial charge in [-0.25, -0.2) is 0 Å². The quantitative estimate of drug-likeness (QED) is 0.691. The number of aliphatic hydroxyl groups excluding tert-OH is 1. The maximum Gasteiger partial charge on any atom is 0.309 e. The first-order chi connectivity index (χ1) is 6.42. The van der Waals surface area contributed by atoms with Crippen LogP contribution in [0.15, 0.2) is 0 Å². The van der Waals surface area contributed by atoms with E-state index in [0.29, 0.717) is 5.92 Å². The minimum atomic E-state index is -0.394. The minimum absolute atomic E-state index is 0.00590. The van der Waals surface area contributed by atoms with Gasteiger partial charge in [-0.05, 0) is 46.0 Å². The van der Waals surface area contributed by atoms with Crippen molar-refractivity contribution >= 4 is 5.97 Å². The van der Waals surface area contributed by atoms with Gasteiger partial charge in [-0.3, -0.25) is 4.79 Å². The lowest BCUT2D eigenvalue weighted by Crippen LogP contribution is -2.27. The van der Waals surface area contributed by atoms with Crippen LogP contribution in [0.4, 0.5) is 0 Å². The van der Waals surface area contributed by atoms with Gasteiger partial charge in [0, 0.05) is 6.61 Å². The molecular weight excluding hydrogens is 180 g/mol. The second kappa shape index (κ2) is 4.30. The molecular formula is C11H20O3. The molecule has 0 aromatic carbocycles. The van der Waals surface area contributed by atoms with Gasteiger partial charge in [0.2, 0.25) is 0 Å². The molecule has 0 aromatic heterocycles. The molecule has 82 valence electrons. The lowest BCUT2D eigenvalue weighted by molar-refractivity contribution is -0.159. The summed E-state index contributed by atoms with van der Waals surface area (Å²) in [6, 6.07) is 0. The fourth-order valence-corrected chi connectivity index (χ4v) is 1.84. The van der Waals surface area contributed by atoms with E-state index in [4.69, 9.17) is 9.84 Å². The van der Waals surface area contributed by atoms with E-state index in [1.165, 1.54) is 0 Å². The van der Waals surface area contributed by atoms with Crippen molar-refractivity contribution in [2.75, 3.05) is 6.61 Å². The monoisotopic (exact) mass is 200 g/mol. The van der Waals surface area contributed by atoms with Crippen LogP contribution in [0.5, 0.6) is 0 Å². The van der Waals surface area contributed by atoms with Crippen molar-refractivity contribution in [3.63, 3.8) is 0 Å². The summed E-state index contributed by atoms with van der Waals surface area (Å²) in [7, 11) is 0. The van der Waals surface area contributed by atoms with Crippen molar-refractivity contribution in [1.29, 1.82) is 0 Å². The predicted octanol–water partition coefficient (Wildman–Crippen LogP) is 1.74.